The zero-order valence-corrected chi connectivity index (χ0v) is 24.7. The summed E-state index contributed by atoms with van der Waals surface area (Å²) >= 11 is 0. The number of anilines is 3. The van der Waals surface area contributed by atoms with E-state index >= 15 is 0 Å². The van der Waals surface area contributed by atoms with E-state index < -0.39 is 0 Å². The number of aromatic nitrogens is 4. The summed E-state index contributed by atoms with van der Waals surface area (Å²) in [4.78, 5) is 22.3. The van der Waals surface area contributed by atoms with Gasteiger partial charge in [0.1, 0.15) is 11.6 Å². The Kier molecular flexibility index (Phi) is 8.49. The van der Waals surface area contributed by atoms with E-state index in [-0.39, 0.29) is 11.4 Å². The number of rotatable bonds is 9. The number of hydrogen-bond acceptors (Lipinski definition) is 6. The van der Waals surface area contributed by atoms with E-state index in [1.807, 2.05) is 67.7 Å². The number of ether oxygens (including phenoxy) is 1. The molecule has 0 atom stereocenters. The molecule has 0 unspecified atom stereocenters. The summed E-state index contributed by atoms with van der Waals surface area (Å²) in [6.07, 6.45) is 4.53. The molecule has 42 heavy (non-hydrogen) atoms. The highest BCUT2D eigenvalue weighted by Gasteiger charge is 2.22. The Labute approximate surface area is 246 Å². The minimum absolute atomic E-state index is 0.199. The Hall–Kier alpha value is -4.76. The lowest BCUT2D eigenvalue weighted by atomic mass is 9.92. The van der Waals surface area contributed by atoms with Crippen LogP contribution in [0.2, 0.25) is 0 Å². The van der Waals surface area contributed by atoms with Gasteiger partial charge < -0.3 is 15.4 Å². The van der Waals surface area contributed by atoms with Crippen LogP contribution in [0.5, 0.6) is 0 Å². The van der Waals surface area contributed by atoms with Gasteiger partial charge in [-0.1, -0.05) is 51.1 Å². The van der Waals surface area contributed by atoms with Gasteiger partial charge >= 0.3 is 6.03 Å². The fraction of sp³-hybridized carbons (Fsp3) is 0.273. The molecule has 0 saturated carbocycles. The van der Waals surface area contributed by atoms with Crippen molar-refractivity contribution in [3.8, 4) is 16.8 Å². The van der Waals surface area contributed by atoms with Crippen molar-refractivity contribution in [2.24, 2.45) is 0 Å². The maximum absolute atomic E-state index is 13.3. The number of methoxy groups -OCH3 is 1. The first kappa shape index (κ1) is 28.8. The molecule has 2 amide bonds. The molecule has 9 nitrogen and oxygen atoms in total. The highest BCUT2D eigenvalue weighted by Crippen LogP contribution is 2.34. The Morgan fingerprint density at radius 1 is 0.929 bits per heavy atom. The predicted octanol–water partition coefficient (Wildman–Crippen LogP) is 7.18. The topological polar surface area (TPSA) is 106 Å². The summed E-state index contributed by atoms with van der Waals surface area (Å²) in [6, 6.07) is 21.4. The van der Waals surface area contributed by atoms with Crippen LogP contribution in [0.3, 0.4) is 0 Å². The van der Waals surface area contributed by atoms with E-state index in [2.05, 4.69) is 58.8 Å². The maximum atomic E-state index is 13.3. The van der Waals surface area contributed by atoms with Crippen LogP contribution in [0, 0.1) is 6.92 Å². The Bertz CT molecular complexity index is 1670. The van der Waals surface area contributed by atoms with Gasteiger partial charge in [-0.3, -0.25) is 10.3 Å². The van der Waals surface area contributed by atoms with E-state index in [0.29, 0.717) is 18.1 Å². The second kappa shape index (κ2) is 12.4. The van der Waals surface area contributed by atoms with Crippen molar-refractivity contribution in [2.75, 3.05) is 36.2 Å². The van der Waals surface area contributed by atoms with Gasteiger partial charge in [0, 0.05) is 54.6 Å². The van der Waals surface area contributed by atoms with Gasteiger partial charge in [-0.2, -0.15) is 5.10 Å². The smallest absolute Gasteiger partial charge is 0.324 e. The summed E-state index contributed by atoms with van der Waals surface area (Å²) < 4.78 is 6.82. The first-order chi connectivity index (χ1) is 20.2. The van der Waals surface area contributed by atoms with E-state index in [0.717, 1.165) is 57.8 Å². The van der Waals surface area contributed by atoms with Crippen LogP contribution in [-0.4, -0.2) is 46.0 Å². The molecular weight excluding hydrogens is 526 g/mol. The quantitative estimate of drug-likeness (QED) is 0.164. The van der Waals surface area contributed by atoms with Gasteiger partial charge in [-0.15, -0.1) is 0 Å². The van der Waals surface area contributed by atoms with Crippen LogP contribution in [-0.2, 0) is 10.2 Å². The lowest BCUT2D eigenvalue weighted by Crippen LogP contribution is -2.21. The third kappa shape index (κ3) is 6.58. The fourth-order valence-electron chi connectivity index (χ4n) is 4.64. The zero-order valence-electron chi connectivity index (χ0n) is 24.7. The first-order valence-electron chi connectivity index (χ1n) is 14.1. The average Bonchev–Trinajstić information content (AvgIpc) is 3.40. The lowest BCUT2D eigenvalue weighted by molar-refractivity contribution is 0.198. The molecule has 0 spiro atoms. The number of benzene rings is 2. The molecule has 0 aliphatic rings. The lowest BCUT2D eigenvalue weighted by Gasteiger charge is -2.14. The molecule has 3 aromatic heterocycles. The van der Waals surface area contributed by atoms with Gasteiger partial charge in [-0.25, -0.2) is 14.5 Å². The molecule has 0 saturated heterocycles. The van der Waals surface area contributed by atoms with Gasteiger partial charge in [-0.05, 0) is 54.6 Å². The molecule has 216 valence electrons. The molecular formula is C33H37N7O2. The van der Waals surface area contributed by atoms with Crippen molar-refractivity contribution in [1.29, 1.82) is 0 Å². The van der Waals surface area contributed by atoms with Crippen molar-refractivity contribution in [1.82, 2.24) is 19.7 Å². The molecule has 0 bridgehead atoms. The molecule has 0 fully saturated rings. The average molecular weight is 564 g/mol. The molecule has 5 rings (SSSR count). The highest BCUT2D eigenvalue weighted by molar-refractivity contribution is 6.09. The largest absolute Gasteiger partial charge is 0.385 e. The Morgan fingerprint density at radius 2 is 1.74 bits per heavy atom. The number of pyridine rings is 2. The number of carbonyl (C=O) groups excluding carboxylic acids is 1. The zero-order chi connectivity index (χ0) is 29.7. The second-order valence-electron chi connectivity index (χ2n) is 11.2. The van der Waals surface area contributed by atoms with Gasteiger partial charge in [0.15, 0.2) is 0 Å². The van der Waals surface area contributed by atoms with Crippen LogP contribution in [0.4, 0.5) is 22.1 Å². The summed E-state index contributed by atoms with van der Waals surface area (Å²) in [5, 5.41) is 16.1. The number of carbonyl (C=O) groups is 1. The predicted molar refractivity (Wildman–Crippen MR) is 170 cm³/mol. The van der Waals surface area contributed by atoms with Crippen LogP contribution in [0.25, 0.3) is 27.6 Å². The van der Waals surface area contributed by atoms with E-state index in [4.69, 9.17) is 9.84 Å². The molecule has 5 aromatic rings. The van der Waals surface area contributed by atoms with Crippen LogP contribution < -0.4 is 16.0 Å². The first-order valence-corrected chi connectivity index (χ1v) is 14.1. The van der Waals surface area contributed by atoms with Crippen LogP contribution >= 0.6 is 0 Å². The third-order valence-electron chi connectivity index (χ3n) is 6.94. The van der Waals surface area contributed by atoms with Crippen molar-refractivity contribution in [3.63, 3.8) is 0 Å². The second-order valence-corrected chi connectivity index (χ2v) is 11.2. The van der Waals surface area contributed by atoms with Gasteiger partial charge in [0.2, 0.25) is 0 Å². The third-order valence-corrected chi connectivity index (χ3v) is 6.94. The van der Waals surface area contributed by atoms with Gasteiger partial charge in [0.05, 0.1) is 23.3 Å². The van der Waals surface area contributed by atoms with Crippen molar-refractivity contribution < 1.29 is 9.53 Å². The molecule has 3 heterocycles. The normalized spacial score (nSPS) is 11.5. The monoisotopic (exact) mass is 563 g/mol. The maximum Gasteiger partial charge on any atom is 0.324 e. The van der Waals surface area contributed by atoms with Crippen molar-refractivity contribution >= 4 is 34.1 Å². The molecule has 0 radical (unpaired) electrons. The summed E-state index contributed by atoms with van der Waals surface area (Å²) in [6.45, 7) is 9.71. The number of aryl methyl sites for hydroxylation is 1. The molecule has 2 aromatic carbocycles. The number of nitrogens with zero attached hydrogens (tertiary/aromatic N) is 4. The Balaban J connectivity index is 1.38. The minimum Gasteiger partial charge on any atom is -0.385 e. The fourth-order valence-corrected chi connectivity index (χ4v) is 4.64. The van der Waals surface area contributed by atoms with Crippen LogP contribution in [0.1, 0.15) is 38.6 Å². The van der Waals surface area contributed by atoms with Gasteiger partial charge in [0.25, 0.3) is 0 Å². The molecule has 3 N–H and O–H groups in total. The highest BCUT2D eigenvalue weighted by atomic mass is 16.5. The van der Waals surface area contributed by atoms with Crippen molar-refractivity contribution in [2.45, 2.75) is 39.5 Å². The van der Waals surface area contributed by atoms with E-state index in [1.165, 1.54) is 0 Å². The van der Waals surface area contributed by atoms with Crippen molar-refractivity contribution in [3.05, 3.63) is 90.5 Å². The van der Waals surface area contributed by atoms with E-state index in [9.17, 15) is 4.79 Å². The molecule has 0 aliphatic carbocycles. The number of urea groups is 1. The van der Waals surface area contributed by atoms with E-state index in [1.54, 1.807) is 18.0 Å². The molecule has 0 aliphatic heterocycles. The summed E-state index contributed by atoms with van der Waals surface area (Å²) in [7, 11) is 1.70. The SMILES string of the molecule is COCCCNc1ccc(-c2ccc(NC(=O)Nc3cc(C(C)(C)C)nn3-c3ccc(C)nc3)c3ccccc23)cn1. The minimum atomic E-state index is -0.361. The summed E-state index contributed by atoms with van der Waals surface area (Å²) in [5.74, 6) is 1.38. The Morgan fingerprint density at radius 3 is 2.43 bits per heavy atom. The number of hydrogen-bond donors (Lipinski definition) is 3. The number of nitrogens with one attached hydrogen (secondary N) is 3. The molecule has 9 heteroatoms. The summed E-state index contributed by atoms with van der Waals surface area (Å²) in [5.41, 5.74) is 5.07. The number of amides is 2. The van der Waals surface area contributed by atoms with Crippen LogP contribution in [0.15, 0.2) is 79.1 Å². The number of fused-ring (bicyclic) bond motifs is 1. The standard InChI is InChI=1S/C33H37N7O2/c1-22-11-13-24(21-35-22)40-31(19-29(39-40)33(2,3)4)38-32(41)37-28-15-14-25(26-9-6-7-10-27(26)28)23-12-16-30(36-20-23)34-17-8-18-42-5/h6-7,9-16,19-21H,8,17-18H2,1-5H3,(H,34,36)(H2,37,38,41).